The van der Waals surface area contributed by atoms with Crippen LogP contribution in [-0.4, -0.2) is 12.3 Å². The molecule has 0 spiro atoms. The Kier molecular flexibility index (Phi) is 3.72. The summed E-state index contributed by atoms with van der Waals surface area (Å²) in [4.78, 5) is 12.0. The Morgan fingerprint density at radius 1 is 1.17 bits per heavy atom. The number of carbonyl (C=O) groups is 1. The van der Waals surface area contributed by atoms with Gasteiger partial charge in [0.15, 0.2) is 5.78 Å². The van der Waals surface area contributed by atoms with Crippen molar-refractivity contribution in [3.8, 4) is 0 Å². The van der Waals surface area contributed by atoms with E-state index in [0.717, 1.165) is 11.3 Å². The molecule has 0 fully saturated rings. The number of nitrogens with one attached hydrogen (secondary N) is 1. The predicted molar refractivity (Wildman–Crippen MR) is 70.4 cm³/mol. The van der Waals surface area contributed by atoms with E-state index in [-0.39, 0.29) is 18.1 Å². The summed E-state index contributed by atoms with van der Waals surface area (Å²) in [5.41, 5.74) is 2.09. The van der Waals surface area contributed by atoms with E-state index in [4.69, 9.17) is 0 Å². The minimum absolute atomic E-state index is 0.115. The van der Waals surface area contributed by atoms with Crippen molar-refractivity contribution >= 4 is 11.5 Å². The van der Waals surface area contributed by atoms with Gasteiger partial charge in [-0.05, 0) is 36.8 Å². The van der Waals surface area contributed by atoms with E-state index in [9.17, 15) is 9.18 Å². The first-order valence-electron chi connectivity index (χ1n) is 5.75. The molecule has 0 aromatic heterocycles. The molecule has 1 N–H and O–H groups in total. The zero-order valence-corrected chi connectivity index (χ0v) is 10.1. The topological polar surface area (TPSA) is 29.1 Å². The number of anilines is 1. The minimum Gasteiger partial charge on any atom is -0.378 e. The third kappa shape index (κ3) is 2.94. The molecule has 0 amide bonds. The lowest BCUT2D eigenvalue weighted by Gasteiger charge is -2.07. The predicted octanol–water partition coefficient (Wildman–Crippen LogP) is 3.43. The number of hydrogen-bond donors (Lipinski definition) is 1. The van der Waals surface area contributed by atoms with Crippen molar-refractivity contribution < 1.29 is 9.18 Å². The number of rotatable bonds is 4. The smallest absolute Gasteiger partial charge is 0.182 e. The zero-order valence-electron chi connectivity index (χ0n) is 10.1. The zero-order chi connectivity index (χ0) is 13.0. The van der Waals surface area contributed by atoms with Gasteiger partial charge >= 0.3 is 0 Å². The number of carbonyl (C=O) groups excluding carboxylic acids is 1. The van der Waals surface area contributed by atoms with Gasteiger partial charge in [0.2, 0.25) is 0 Å². The maximum absolute atomic E-state index is 13.1. The Hall–Kier alpha value is -2.16. The van der Waals surface area contributed by atoms with Gasteiger partial charge < -0.3 is 5.32 Å². The number of halogens is 1. The van der Waals surface area contributed by atoms with Crippen LogP contribution in [0.1, 0.15) is 15.9 Å². The van der Waals surface area contributed by atoms with Crippen LogP contribution in [0.25, 0.3) is 0 Å². The highest BCUT2D eigenvalue weighted by molar-refractivity contribution is 6.00. The highest BCUT2D eigenvalue weighted by Gasteiger charge is 2.09. The fraction of sp³-hybridized carbons (Fsp3) is 0.133. The Bertz CT molecular complexity index is 552. The standard InChI is InChI=1S/C15H14FNO/c1-11-7-8-12(16)9-14(11)15(18)10-17-13-5-3-2-4-6-13/h2-9,17H,10H2,1H3. The summed E-state index contributed by atoms with van der Waals surface area (Å²) in [6, 6.07) is 13.7. The molecular weight excluding hydrogens is 229 g/mol. The summed E-state index contributed by atoms with van der Waals surface area (Å²) in [6.07, 6.45) is 0. The SMILES string of the molecule is Cc1ccc(F)cc1C(=O)CNc1ccccc1. The van der Waals surface area contributed by atoms with Gasteiger partial charge in [-0.1, -0.05) is 24.3 Å². The van der Waals surface area contributed by atoms with Gasteiger partial charge in [-0.3, -0.25) is 4.79 Å². The van der Waals surface area contributed by atoms with Gasteiger partial charge in [-0.15, -0.1) is 0 Å². The van der Waals surface area contributed by atoms with E-state index in [2.05, 4.69) is 5.32 Å². The molecule has 3 heteroatoms. The van der Waals surface area contributed by atoms with E-state index >= 15 is 0 Å². The lowest BCUT2D eigenvalue weighted by Crippen LogP contribution is -2.15. The van der Waals surface area contributed by atoms with Crippen LogP contribution in [0.15, 0.2) is 48.5 Å². The molecule has 2 rings (SSSR count). The van der Waals surface area contributed by atoms with Gasteiger partial charge in [0.25, 0.3) is 0 Å². The molecule has 18 heavy (non-hydrogen) atoms. The number of benzene rings is 2. The maximum atomic E-state index is 13.1. The molecule has 0 bridgehead atoms. The fourth-order valence-corrected chi connectivity index (χ4v) is 1.73. The first-order valence-corrected chi connectivity index (χ1v) is 5.75. The molecule has 92 valence electrons. The number of aryl methyl sites for hydroxylation is 1. The van der Waals surface area contributed by atoms with Crippen molar-refractivity contribution in [2.24, 2.45) is 0 Å². The normalized spacial score (nSPS) is 10.1. The summed E-state index contributed by atoms with van der Waals surface area (Å²) in [5.74, 6) is -0.500. The molecule has 0 aliphatic carbocycles. The van der Waals surface area contributed by atoms with E-state index < -0.39 is 0 Å². The highest BCUT2D eigenvalue weighted by atomic mass is 19.1. The quantitative estimate of drug-likeness (QED) is 0.833. The third-order valence-electron chi connectivity index (χ3n) is 2.73. The van der Waals surface area contributed by atoms with Crippen LogP contribution in [0, 0.1) is 12.7 Å². The molecule has 0 atom stereocenters. The van der Waals surface area contributed by atoms with Gasteiger partial charge in [0.05, 0.1) is 6.54 Å². The maximum Gasteiger partial charge on any atom is 0.182 e. The van der Waals surface area contributed by atoms with Crippen LogP contribution in [0.4, 0.5) is 10.1 Å². The summed E-state index contributed by atoms with van der Waals surface area (Å²) >= 11 is 0. The molecule has 2 nitrogen and oxygen atoms in total. The van der Waals surface area contributed by atoms with Crippen LogP contribution < -0.4 is 5.32 Å². The first kappa shape index (κ1) is 12.3. The van der Waals surface area contributed by atoms with Gasteiger partial charge in [0.1, 0.15) is 5.82 Å². The van der Waals surface area contributed by atoms with E-state index in [1.54, 1.807) is 13.0 Å². The molecule has 0 heterocycles. The van der Waals surface area contributed by atoms with Crippen LogP contribution in [0.2, 0.25) is 0 Å². The Balaban J connectivity index is 2.06. The van der Waals surface area contributed by atoms with Gasteiger partial charge in [-0.25, -0.2) is 4.39 Å². The van der Waals surface area contributed by atoms with Gasteiger partial charge in [-0.2, -0.15) is 0 Å². The fourth-order valence-electron chi connectivity index (χ4n) is 1.73. The van der Waals surface area contributed by atoms with Crippen LogP contribution in [-0.2, 0) is 0 Å². The lowest BCUT2D eigenvalue weighted by molar-refractivity contribution is 0.100. The van der Waals surface area contributed by atoms with Crippen molar-refractivity contribution in [2.75, 3.05) is 11.9 Å². The van der Waals surface area contributed by atoms with Crippen LogP contribution >= 0.6 is 0 Å². The summed E-state index contributed by atoms with van der Waals surface area (Å²) in [6.45, 7) is 1.96. The van der Waals surface area contributed by atoms with E-state index in [0.29, 0.717) is 5.56 Å². The lowest BCUT2D eigenvalue weighted by atomic mass is 10.0. The molecule has 0 aliphatic rings. The molecular formula is C15H14FNO. The number of para-hydroxylation sites is 1. The third-order valence-corrected chi connectivity index (χ3v) is 2.73. The molecule has 2 aromatic carbocycles. The monoisotopic (exact) mass is 243 g/mol. The highest BCUT2D eigenvalue weighted by Crippen LogP contribution is 2.12. The van der Waals surface area contributed by atoms with E-state index in [1.807, 2.05) is 30.3 Å². The molecule has 0 radical (unpaired) electrons. The average Bonchev–Trinajstić information content (AvgIpc) is 2.40. The molecule has 0 saturated heterocycles. The van der Waals surface area contributed by atoms with Crippen molar-refractivity contribution in [2.45, 2.75) is 6.92 Å². The van der Waals surface area contributed by atoms with Crippen LogP contribution in [0.5, 0.6) is 0 Å². The second kappa shape index (κ2) is 5.45. The molecule has 2 aromatic rings. The largest absolute Gasteiger partial charge is 0.378 e. The van der Waals surface area contributed by atoms with Gasteiger partial charge in [0, 0.05) is 11.3 Å². The molecule has 0 aliphatic heterocycles. The van der Waals surface area contributed by atoms with E-state index in [1.165, 1.54) is 12.1 Å². The summed E-state index contributed by atoms with van der Waals surface area (Å²) < 4.78 is 13.1. The second-order valence-electron chi connectivity index (χ2n) is 4.10. The number of hydrogen-bond acceptors (Lipinski definition) is 2. The molecule has 0 saturated carbocycles. The Labute approximate surface area is 105 Å². The van der Waals surface area contributed by atoms with Crippen molar-refractivity contribution in [1.29, 1.82) is 0 Å². The summed E-state index contributed by atoms with van der Waals surface area (Å²) in [7, 11) is 0. The average molecular weight is 243 g/mol. The number of Topliss-reactive ketones (excluding diaryl/α,β-unsaturated/α-hetero) is 1. The Morgan fingerprint density at radius 2 is 1.89 bits per heavy atom. The second-order valence-corrected chi connectivity index (χ2v) is 4.10. The van der Waals surface area contributed by atoms with Crippen molar-refractivity contribution in [3.05, 3.63) is 65.5 Å². The minimum atomic E-state index is -0.385. The Morgan fingerprint density at radius 3 is 2.61 bits per heavy atom. The molecule has 0 unspecified atom stereocenters. The van der Waals surface area contributed by atoms with Crippen LogP contribution in [0.3, 0.4) is 0 Å². The summed E-state index contributed by atoms with van der Waals surface area (Å²) in [5, 5.41) is 3.02. The first-order chi connectivity index (χ1) is 8.66. The van der Waals surface area contributed by atoms with Crippen molar-refractivity contribution in [3.63, 3.8) is 0 Å². The van der Waals surface area contributed by atoms with Crippen molar-refractivity contribution in [1.82, 2.24) is 0 Å². The number of ketones is 1.